The van der Waals surface area contributed by atoms with Gasteiger partial charge in [0, 0.05) is 0 Å². The molecule has 0 aromatic heterocycles. The largest absolute Gasteiger partial charge is 0.394 e. The fraction of sp³-hybridized carbons (Fsp3) is 0.294. The van der Waals surface area contributed by atoms with E-state index in [4.69, 9.17) is 18.9 Å². The van der Waals surface area contributed by atoms with Gasteiger partial charge in [-0.3, -0.25) is 0 Å². The maximum absolute atomic E-state index is 10.5. The number of hydrogen-bond donors (Lipinski definition) is 2. The summed E-state index contributed by atoms with van der Waals surface area (Å²) in [6.45, 7) is 0.536. The Kier molecular flexibility index (Phi) is 12.3. The summed E-state index contributed by atoms with van der Waals surface area (Å²) in [4.78, 5) is 0. The van der Waals surface area contributed by atoms with Gasteiger partial charge < -0.3 is 29.2 Å². The number of aliphatic hydroxyl groups excluding tert-OH is 2. The Labute approximate surface area is 236 Å². The second kappa shape index (κ2) is 16.7. The smallest absolute Gasteiger partial charge is 0.115 e. The Bertz CT molecular complexity index is 1090. The van der Waals surface area contributed by atoms with Crippen LogP contribution in [0.5, 0.6) is 0 Å². The fourth-order valence-corrected chi connectivity index (χ4v) is 4.42. The van der Waals surface area contributed by atoms with Gasteiger partial charge in [0.2, 0.25) is 0 Å². The number of aliphatic hydroxyl groups is 2. The van der Waals surface area contributed by atoms with E-state index in [-0.39, 0.29) is 39.6 Å². The molecule has 0 aliphatic carbocycles. The monoisotopic (exact) mass is 542 g/mol. The Morgan fingerprint density at radius 3 is 0.875 bits per heavy atom. The first kappa shape index (κ1) is 29.6. The molecule has 0 saturated carbocycles. The van der Waals surface area contributed by atoms with Gasteiger partial charge in [-0.25, -0.2) is 0 Å². The van der Waals surface area contributed by atoms with E-state index < -0.39 is 24.4 Å². The van der Waals surface area contributed by atoms with Crippen molar-refractivity contribution in [3.63, 3.8) is 0 Å². The van der Waals surface area contributed by atoms with E-state index >= 15 is 0 Å². The SMILES string of the molecule is OC[C@@H](OCc1ccccc1)C(OCc1ccccc1)[C@H](OCc1ccccc1)[C@@H](CO)OCc1ccccc1. The maximum atomic E-state index is 10.5. The van der Waals surface area contributed by atoms with Crippen LogP contribution in [0.25, 0.3) is 0 Å². The van der Waals surface area contributed by atoms with Crippen molar-refractivity contribution < 1.29 is 29.2 Å². The lowest BCUT2D eigenvalue weighted by molar-refractivity contribution is -0.201. The van der Waals surface area contributed by atoms with Crippen molar-refractivity contribution in [1.29, 1.82) is 0 Å². The molecular weight excluding hydrogens is 504 g/mol. The van der Waals surface area contributed by atoms with Crippen LogP contribution in [0.3, 0.4) is 0 Å². The van der Waals surface area contributed by atoms with Crippen LogP contribution in [0.1, 0.15) is 22.3 Å². The molecule has 4 atom stereocenters. The minimum atomic E-state index is -0.745. The van der Waals surface area contributed by atoms with E-state index in [1.165, 1.54) is 0 Å². The molecule has 6 heteroatoms. The lowest BCUT2D eigenvalue weighted by atomic mass is 10.0. The molecule has 6 nitrogen and oxygen atoms in total. The van der Waals surface area contributed by atoms with Crippen LogP contribution in [0.2, 0.25) is 0 Å². The van der Waals surface area contributed by atoms with Gasteiger partial charge in [0.15, 0.2) is 0 Å². The predicted molar refractivity (Wildman–Crippen MR) is 154 cm³/mol. The second-order valence-corrected chi connectivity index (χ2v) is 9.56. The van der Waals surface area contributed by atoms with Gasteiger partial charge >= 0.3 is 0 Å². The third-order valence-electron chi connectivity index (χ3n) is 6.60. The summed E-state index contributed by atoms with van der Waals surface area (Å²) < 4.78 is 25.4. The molecule has 4 rings (SSSR count). The van der Waals surface area contributed by atoms with Gasteiger partial charge in [0.25, 0.3) is 0 Å². The Balaban J connectivity index is 1.59. The molecule has 0 fully saturated rings. The molecule has 0 aliphatic heterocycles. The third-order valence-corrected chi connectivity index (χ3v) is 6.60. The number of hydrogen-bond acceptors (Lipinski definition) is 6. The van der Waals surface area contributed by atoms with E-state index in [0.29, 0.717) is 0 Å². The third kappa shape index (κ3) is 9.38. The van der Waals surface area contributed by atoms with Crippen molar-refractivity contribution in [3.8, 4) is 0 Å². The lowest BCUT2D eigenvalue weighted by Crippen LogP contribution is -2.51. The van der Waals surface area contributed by atoms with Crippen LogP contribution in [-0.4, -0.2) is 47.8 Å². The van der Waals surface area contributed by atoms with Gasteiger partial charge in [-0.2, -0.15) is 0 Å². The van der Waals surface area contributed by atoms with Crippen LogP contribution >= 0.6 is 0 Å². The molecular formula is C34H38O6. The fourth-order valence-electron chi connectivity index (χ4n) is 4.42. The minimum absolute atomic E-state index is 0.277. The first-order valence-electron chi connectivity index (χ1n) is 13.6. The topological polar surface area (TPSA) is 77.4 Å². The van der Waals surface area contributed by atoms with E-state index in [0.717, 1.165) is 22.3 Å². The molecule has 0 aliphatic rings. The van der Waals surface area contributed by atoms with Gasteiger partial charge in [0.05, 0.1) is 39.6 Å². The first-order chi connectivity index (χ1) is 19.8. The summed E-state index contributed by atoms with van der Waals surface area (Å²) in [7, 11) is 0. The van der Waals surface area contributed by atoms with Crippen LogP contribution in [-0.2, 0) is 45.4 Å². The molecule has 4 aromatic carbocycles. The van der Waals surface area contributed by atoms with Crippen LogP contribution in [0.15, 0.2) is 121 Å². The average Bonchev–Trinajstić information content (AvgIpc) is 3.02. The molecule has 0 heterocycles. The highest BCUT2D eigenvalue weighted by Crippen LogP contribution is 2.23. The molecule has 0 spiro atoms. The van der Waals surface area contributed by atoms with Crippen molar-refractivity contribution in [3.05, 3.63) is 144 Å². The minimum Gasteiger partial charge on any atom is -0.394 e. The van der Waals surface area contributed by atoms with E-state index in [1.807, 2.05) is 121 Å². The zero-order valence-corrected chi connectivity index (χ0v) is 22.6. The maximum Gasteiger partial charge on any atom is 0.115 e. The molecule has 210 valence electrons. The number of benzene rings is 4. The Morgan fingerprint density at radius 2 is 0.625 bits per heavy atom. The molecule has 0 radical (unpaired) electrons. The van der Waals surface area contributed by atoms with Gasteiger partial charge in [-0.1, -0.05) is 121 Å². The van der Waals surface area contributed by atoms with Crippen molar-refractivity contribution in [1.82, 2.24) is 0 Å². The highest BCUT2D eigenvalue weighted by molar-refractivity contribution is 5.16. The summed E-state index contributed by atoms with van der Waals surface area (Å²) in [6.07, 6.45) is -2.96. The molecule has 0 amide bonds. The number of ether oxygens (including phenoxy) is 4. The molecule has 40 heavy (non-hydrogen) atoms. The van der Waals surface area contributed by atoms with Gasteiger partial charge in [0.1, 0.15) is 24.4 Å². The zero-order valence-electron chi connectivity index (χ0n) is 22.6. The molecule has 0 saturated heterocycles. The number of rotatable bonds is 17. The predicted octanol–water partition coefficient (Wildman–Crippen LogP) is 5.31. The first-order valence-corrected chi connectivity index (χ1v) is 13.6. The van der Waals surface area contributed by atoms with Gasteiger partial charge in [-0.05, 0) is 22.3 Å². The molecule has 4 aromatic rings. The van der Waals surface area contributed by atoms with Crippen LogP contribution in [0, 0.1) is 0 Å². The van der Waals surface area contributed by atoms with Gasteiger partial charge in [-0.15, -0.1) is 0 Å². The van der Waals surface area contributed by atoms with E-state index in [2.05, 4.69) is 0 Å². The summed E-state index contributed by atoms with van der Waals surface area (Å²) in [5.41, 5.74) is 3.90. The summed E-state index contributed by atoms with van der Waals surface area (Å²) in [5.74, 6) is 0. The molecule has 2 N–H and O–H groups in total. The standard InChI is InChI=1S/C34H38O6/c35-21-31(37-23-27-13-5-1-6-14-27)33(39-25-29-17-9-3-10-18-29)34(40-26-30-19-11-4-12-20-30)32(22-36)38-24-28-15-7-2-8-16-28/h1-20,31-36H,21-26H2/t31-,32-,33-,34?/m1/s1. The quantitative estimate of drug-likeness (QED) is 0.188. The normalized spacial score (nSPS) is 14.3. The summed E-state index contributed by atoms with van der Waals surface area (Å²) in [6, 6.07) is 39.2. The molecule has 1 unspecified atom stereocenters. The molecule has 0 bridgehead atoms. The van der Waals surface area contributed by atoms with Crippen molar-refractivity contribution >= 4 is 0 Å². The van der Waals surface area contributed by atoms with Crippen molar-refractivity contribution in [2.75, 3.05) is 13.2 Å². The van der Waals surface area contributed by atoms with E-state index in [9.17, 15) is 10.2 Å². The van der Waals surface area contributed by atoms with Crippen LogP contribution in [0.4, 0.5) is 0 Å². The Morgan fingerprint density at radius 1 is 0.375 bits per heavy atom. The lowest BCUT2D eigenvalue weighted by Gasteiger charge is -2.36. The highest BCUT2D eigenvalue weighted by Gasteiger charge is 2.38. The van der Waals surface area contributed by atoms with Crippen molar-refractivity contribution in [2.24, 2.45) is 0 Å². The Hall–Kier alpha value is -3.36. The van der Waals surface area contributed by atoms with E-state index in [1.54, 1.807) is 0 Å². The van der Waals surface area contributed by atoms with Crippen LogP contribution < -0.4 is 0 Å². The average molecular weight is 543 g/mol. The van der Waals surface area contributed by atoms with Crippen molar-refractivity contribution in [2.45, 2.75) is 50.8 Å². The summed E-state index contributed by atoms with van der Waals surface area (Å²) in [5, 5.41) is 21.0. The second-order valence-electron chi connectivity index (χ2n) is 9.56. The summed E-state index contributed by atoms with van der Waals surface area (Å²) >= 11 is 0. The highest BCUT2D eigenvalue weighted by atomic mass is 16.6. The zero-order chi connectivity index (χ0) is 27.8.